The van der Waals surface area contributed by atoms with E-state index in [0.717, 1.165) is 4.90 Å². The van der Waals surface area contributed by atoms with E-state index in [-0.39, 0.29) is 5.91 Å². The topological polar surface area (TPSA) is 57.6 Å². The number of thioether (sulfide) groups is 1. The molecule has 0 radical (unpaired) electrons. The Hall–Kier alpha value is -1.49. The predicted octanol–water partition coefficient (Wildman–Crippen LogP) is 1.99. The Balaban J connectivity index is 2.29. The van der Waals surface area contributed by atoms with Crippen LogP contribution in [0.25, 0.3) is 0 Å². The molecule has 4 nitrogen and oxygen atoms in total. The molecule has 2 rings (SSSR count). The van der Waals surface area contributed by atoms with Crippen molar-refractivity contribution in [3.63, 3.8) is 0 Å². The molecule has 0 aliphatic carbocycles. The molecule has 0 bridgehead atoms. The van der Waals surface area contributed by atoms with Gasteiger partial charge in [-0.05, 0) is 36.9 Å². The summed E-state index contributed by atoms with van der Waals surface area (Å²) in [6, 6.07) is 6.66. The van der Waals surface area contributed by atoms with Crippen molar-refractivity contribution in [3.8, 4) is 0 Å². The highest BCUT2D eigenvalue weighted by Crippen LogP contribution is 2.28. The van der Waals surface area contributed by atoms with E-state index in [2.05, 4.69) is 0 Å². The number of carbonyl (C=O) groups is 2. The second-order valence-electron chi connectivity index (χ2n) is 3.85. The summed E-state index contributed by atoms with van der Waals surface area (Å²) in [6.45, 7) is 0. The second-order valence-corrected chi connectivity index (χ2v) is 4.73. The maximum absolute atomic E-state index is 11.7. The number of amides is 1. The van der Waals surface area contributed by atoms with Crippen molar-refractivity contribution < 1.29 is 14.7 Å². The number of rotatable bonds is 3. The van der Waals surface area contributed by atoms with E-state index in [0.29, 0.717) is 18.5 Å². The molecule has 1 N–H and O–H groups in total. The van der Waals surface area contributed by atoms with Crippen molar-refractivity contribution in [3.05, 3.63) is 24.3 Å². The first-order valence-corrected chi connectivity index (χ1v) is 6.55. The number of anilines is 1. The largest absolute Gasteiger partial charge is 0.480 e. The maximum Gasteiger partial charge on any atom is 0.326 e. The van der Waals surface area contributed by atoms with E-state index in [4.69, 9.17) is 5.11 Å². The van der Waals surface area contributed by atoms with Crippen molar-refractivity contribution in [1.29, 1.82) is 0 Å². The first kappa shape index (κ1) is 12.0. The SMILES string of the molecule is CSc1ccc(N2C(=O)CCC2C(=O)O)cc1. The van der Waals surface area contributed by atoms with Crippen LogP contribution in [0.15, 0.2) is 29.2 Å². The molecule has 1 aliphatic rings. The third-order valence-corrected chi connectivity index (χ3v) is 3.59. The number of hydrogen-bond donors (Lipinski definition) is 1. The fraction of sp³-hybridized carbons (Fsp3) is 0.333. The highest BCUT2D eigenvalue weighted by atomic mass is 32.2. The Labute approximate surface area is 104 Å². The number of carbonyl (C=O) groups excluding carboxylic acids is 1. The van der Waals surface area contributed by atoms with Crippen LogP contribution in [0.5, 0.6) is 0 Å². The molecule has 1 aliphatic heterocycles. The van der Waals surface area contributed by atoms with Gasteiger partial charge in [0.1, 0.15) is 6.04 Å². The minimum Gasteiger partial charge on any atom is -0.480 e. The molecule has 1 atom stereocenters. The fourth-order valence-corrected chi connectivity index (χ4v) is 2.39. The van der Waals surface area contributed by atoms with Gasteiger partial charge in [0.05, 0.1) is 0 Å². The lowest BCUT2D eigenvalue weighted by atomic mass is 10.2. The van der Waals surface area contributed by atoms with Gasteiger partial charge in [-0.25, -0.2) is 4.79 Å². The second kappa shape index (κ2) is 4.79. The van der Waals surface area contributed by atoms with E-state index in [1.54, 1.807) is 23.9 Å². The van der Waals surface area contributed by atoms with Gasteiger partial charge in [0.25, 0.3) is 0 Å². The minimum absolute atomic E-state index is 0.116. The molecular weight excluding hydrogens is 238 g/mol. The summed E-state index contributed by atoms with van der Waals surface area (Å²) < 4.78 is 0. The Morgan fingerprint density at radius 3 is 2.59 bits per heavy atom. The van der Waals surface area contributed by atoms with E-state index < -0.39 is 12.0 Å². The monoisotopic (exact) mass is 251 g/mol. The summed E-state index contributed by atoms with van der Waals surface area (Å²) in [5.41, 5.74) is 0.665. The molecule has 1 aromatic rings. The van der Waals surface area contributed by atoms with Crippen LogP contribution >= 0.6 is 11.8 Å². The van der Waals surface area contributed by atoms with E-state index in [9.17, 15) is 9.59 Å². The molecule has 0 aromatic heterocycles. The molecule has 1 fully saturated rings. The van der Waals surface area contributed by atoms with Gasteiger partial charge >= 0.3 is 5.97 Å². The molecule has 5 heteroatoms. The Morgan fingerprint density at radius 2 is 2.06 bits per heavy atom. The third kappa shape index (κ3) is 2.29. The summed E-state index contributed by atoms with van der Waals surface area (Å²) >= 11 is 1.61. The lowest BCUT2D eigenvalue weighted by molar-refractivity contribution is -0.138. The summed E-state index contributed by atoms with van der Waals surface area (Å²) in [6.07, 6.45) is 2.66. The quantitative estimate of drug-likeness (QED) is 0.835. The highest BCUT2D eigenvalue weighted by Gasteiger charge is 2.36. The lowest BCUT2D eigenvalue weighted by Gasteiger charge is -2.21. The molecule has 1 saturated heterocycles. The summed E-state index contributed by atoms with van der Waals surface area (Å²) in [7, 11) is 0. The van der Waals surface area contributed by atoms with Crippen LogP contribution in [0.4, 0.5) is 5.69 Å². The number of nitrogens with zero attached hydrogens (tertiary/aromatic N) is 1. The molecule has 90 valence electrons. The molecule has 0 saturated carbocycles. The van der Waals surface area contributed by atoms with Gasteiger partial charge in [-0.15, -0.1) is 11.8 Å². The Bertz CT molecular complexity index is 444. The Kier molecular flexibility index (Phi) is 3.38. The van der Waals surface area contributed by atoms with Crippen LogP contribution < -0.4 is 4.90 Å². The van der Waals surface area contributed by atoms with Gasteiger partial charge in [-0.2, -0.15) is 0 Å². The zero-order chi connectivity index (χ0) is 12.4. The van der Waals surface area contributed by atoms with Gasteiger partial charge in [-0.3, -0.25) is 9.69 Å². The normalized spacial score (nSPS) is 19.7. The summed E-state index contributed by atoms with van der Waals surface area (Å²) in [5, 5.41) is 9.07. The predicted molar refractivity (Wildman–Crippen MR) is 66.4 cm³/mol. The van der Waals surface area contributed by atoms with Crippen LogP contribution in [0.1, 0.15) is 12.8 Å². The first-order chi connectivity index (χ1) is 8.13. The van der Waals surface area contributed by atoms with E-state index >= 15 is 0 Å². The molecule has 17 heavy (non-hydrogen) atoms. The summed E-state index contributed by atoms with van der Waals surface area (Å²) in [5.74, 6) is -1.06. The maximum atomic E-state index is 11.7. The lowest BCUT2D eigenvalue weighted by Crippen LogP contribution is -2.38. The number of carboxylic acids is 1. The average molecular weight is 251 g/mol. The standard InChI is InChI=1S/C12H13NO3S/c1-17-9-4-2-8(3-5-9)13-10(12(15)16)6-7-11(13)14/h2-5,10H,6-7H2,1H3,(H,15,16). The van der Waals surface area contributed by atoms with Crippen LogP contribution in [0.2, 0.25) is 0 Å². The first-order valence-electron chi connectivity index (χ1n) is 5.32. The van der Waals surface area contributed by atoms with Crippen molar-refractivity contribution >= 4 is 29.3 Å². The smallest absolute Gasteiger partial charge is 0.326 e. The molecule has 0 spiro atoms. The van der Waals surface area contributed by atoms with Crippen LogP contribution in [0.3, 0.4) is 0 Å². The average Bonchev–Trinajstić information content (AvgIpc) is 2.71. The fourth-order valence-electron chi connectivity index (χ4n) is 1.98. The number of benzene rings is 1. The van der Waals surface area contributed by atoms with Gasteiger partial charge in [0.15, 0.2) is 0 Å². The molecule has 1 amide bonds. The Morgan fingerprint density at radius 1 is 1.41 bits per heavy atom. The van der Waals surface area contributed by atoms with Crippen LogP contribution in [-0.4, -0.2) is 29.3 Å². The number of aliphatic carboxylic acids is 1. The van der Waals surface area contributed by atoms with Gasteiger partial charge < -0.3 is 5.11 Å². The molecule has 1 aromatic carbocycles. The van der Waals surface area contributed by atoms with E-state index in [1.807, 2.05) is 18.4 Å². The van der Waals surface area contributed by atoms with Crippen molar-refractivity contribution in [2.75, 3.05) is 11.2 Å². The van der Waals surface area contributed by atoms with Gasteiger partial charge in [-0.1, -0.05) is 0 Å². The van der Waals surface area contributed by atoms with Crippen molar-refractivity contribution in [2.24, 2.45) is 0 Å². The van der Waals surface area contributed by atoms with Crippen molar-refractivity contribution in [2.45, 2.75) is 23.8 Å². The molecule has 1 unspecified atom stereocenters. The highest BCUT2D eigenvalue weighted by molar-refractivity contribution is 7.98. The molecule has 1 heterocycles. The van der Waals surface area contributed by atoms with Gasteiger partial charge in [0, 0.05) is 17.0 Å². The van der Waals surface area contributed by atoms with Gasteiger partial charge in [0.2, 0.25) is 5.91 Å². The van der Waals surface area contributed by atoms with Crippen molar-refractivity contribution in [1.82, 2.24) is 0 Å². The number of hydrogen-bond acceptors (Lipinski definition) is 3. The number of carboxylic acid groups (broad SMARTS) is 1. The molecular formula is C12H13NO3S. The third-order valence-electron chi connectivity index (χ3n) is 2.85. The van der Waals surface area contributed by atoms with Crippen LogP contribution in [-0.2, 0) is 9.59 Å². The van der Waals surface area contributed by atoms with E-state index in [1.165, 1.54) is 4.90 Å². The summed E-state index contributed by atoms with van der Waals surface area (Å²) in [4.78, 5) is 25.2. The van der Waals surface area contributed by atoms with Crippen LogP contribution in [0, 0.1) is 0 Å². The zero-order valence-corrected chi connectivity index (χ0v) is 10.2. The zero-order valence-electron chi connectivity index (χ0n) is 9.42. The minimum atomic E-state index is -0.940.